The summed E-state index contributed by atoms with van der Waals surface area (Å²) in [6.07, 6.45) is 9.19. The molecule has 1 aliphatic heterocycles. The van der Waals surface area contributed by atoms with Crippen molar-refractivity contribution in [2.24, 2.45) is 17.8 Å². The number of carbonyl (C=O) groups excluding carboxylic acids is 4. The van der Waals surface area contributed by atoms with E-state index in [1.807, 2.05) is 47.4 Å². The van der Waals surface area contributed by atoms with Crippen molar-refractivity contribution < 1.29 is 29.0 Å². The first-order valence-electron chi connectivity index (χ1n) is 20.9. The molecule has 1 fully saturated rings. The van der Waals surface area contributed by atoms with Crippen LogP contribution in [0.15, 0.2) is 67.1 Å². The lowest BCUT2D eigenvalue weighted by molar-refractivity contribution is -0.138. The standard InChI is InChI=1S/C45H64N6O6/c1-30(2)22-35(43(55)51-21-20-33-18-12-13-19-34(33)28-51)25-40(52)37(23-31-14-8-6-9-15-31)48-42(54)39(26-36-27-46-29-47-36)49-41(53)38(24-32-16-10-7-11-17-32)50-44(56)57-45(3,4)5/h7,10-13,16-19,27,29-31,35,37-40,52H,6,8-9,14-15,20-26,28H2,1-5H3,(H,46,47)(H,48,54)(H,49,53)(H,50,56)/t35-,37+,38+,39+,40+/m1/s1. The highest BCUT2D eigenvalue weighted by Gasteiger charge is 2.36. The number of alkyl carbamates (subject to hydrolysis) is 1. The zero-order valence-corrected chi connectivity index (χ0v) is 34.5. The normalized spacial score (nSPS) is 17.4. The van der Waals surface area contributed by atoms with Gasteiger partial charge in [0.1, 0.15) is 17.7 Å². The van der Waals surface area contributed by atoms with Crippen LogP contribution in [0.25, 0.3) is 0 Å². The van der Waals surface area contributed by atoms with Crippen LogP contribution < -0.4 is 16.0 Å². The van der Waals surface area contributed by atoms with E-state index >= 15 is 0 Å². The van der Waals surface area contributed by atoms with E-state index in [-0.39, 0.29) is 31.1 Å². The zero-order chi connectivity index (χ0) is 41.0. The van der Waals surface area contributed by atoms with E-state index < -0.39 is 53.7 Å². The predicted octanol–water partition coefficient (Wildman–Crippen LogP) is 6.03. The minimum atomic E-state index is -1.07. The molecule has 0 radical (unpaired) electrons. The number of aliphatic hydroxyl groups is 1. The van der Waals surface area contributed by atoms with Crippen LogP contribution in [0.4, 0.5) is 4.79 Å². The van der Waals surface area contributed by atoms with Crippen LogP contribution in [0, 0.1) is 17.8 Å². The van der Waals surface area contributed by atoms with Gasteiger partial charge in [-0.05, 0) is 75.0 Å². The van der Waals surface area contributed by atoms with E-state index in [2.05, 4.69) is 51.9 Å². The van der Waals surface area contributed by atoms with Gasteiger partial charge in [0.25, 0.3) is 0 Å². The number of H-pyrrole nitrogens is 1. The molecular weight excluding hydrogens is 721 g/mol. The Bertz CT molecular complexity index is 1740. The third-order valence-electron chi connectivity index (χ3n) is 11.1. The van der Waals surface area contributed by atoms with Gasteiger partial charge in [0.05, 0.1) is 18.5 Å². The van der Waals surface area contributed by atoms with Gasteiger partial charge in [-0.2, -0.15) is 0 Å². The Kier molecular flexibility index (Phi) is 15.7. The van der Waals surface area contributed by atoms with Crippen LogP contribution in [-0.2, 0) is 44.9 Å². The molecule has 12 heteroatoms. The summed E-state index contributed by atoms with van der Waals surface area (Å²) in [5, 5.41) is 20.9. The molecule has 310 valence electrons. The van der Waals surface area contributed by atoms with Crippen LogP contribution in [0.3, 0.4) is 0 Å². The van der Waals surface area contributed by atoms with Crippen LogP contribution in [0.5, 0.6) is 0 Å². The molecule has 0 unspecified atom stereocenters. The maximum atomic E-state index is 14.5. The Morgan fingerprint density at radius 3 is 2.21 bits per heavy atom. The number of nitrogens with zero attached hydrogens (tertiary/aromatic N) is 2. The number of carbonyl (C=O) groups is 4. The number of amides is 4. The lowest BCUT2D eigenvalue weighted by Gasteiger charge is -2.35. The fourth-order valence-corrected chi connectivity index (χ4v) is 8.25. The highest BCUT2D eigenvalue weighted by molar-refractivity contribution is 5.91. The van der Waals surface area contributed by atoms with Gasteiger partial charge in [-0.15, -0.1) is 0 Å². The molecule has 1 aromatic heterocycles. The summed E-state index contributed by atoms with van der Waals surface area (Å²) in [4.78, 5) is 64.8. The number of nitrogens with one attached hydrogen (secondary N) is 4. The summed E-state index contributed by atoms with van der Waals surface area (Å²) in [6, 6.07) is 14.8. The van der Waals surface area contributed by atoms with Gasteiger partial charge in [-0.1, -0.05) is 101 Å². The molecule has 2 aromatic carbocycles. The van der Waals surface area contributed by atoms with Crippen LogP contribution in [-0.4, -0.2) is 80.2 Å². The third-order valence-corrected chi connectivity index (χ3v) is 11.1. The maximum Gasteiger partial charge on any atom is 0.408 e. The fourth-order valence-electron chi connectivity index (χ4n) is 8.25. The molecule has 57 heavy (non-hydrogen) atoms. The largest absolute Gasteiger partial charge is 0.444 e. The lowest BCUT2D eigenvalue weighted by Crippen LogP contribution is -2.58. The summed E-state index contributed by atoms with van der Waals surface area (Å²) in [5.74, 6) is -0.875. The number of aromatic amines is 1. The first-order valence-corrected chi connectivity index (χ1v) is 20.9. The third kappa shape index (κ3) is 13.7. The highest BCUT2D eigenvalue weighted by atomic mass is 16.6. The number of imidazole rings is 1. The minimum absolute atomic E-state index is 0.0336. The van der Waals surface area contributed by atoms with Crippen molar-refractivity contribution in [3.63, 3.8) is 0 Å². The molecule has 1 aliphatic carbocycles. The van der Waals surface area contributed by atoms with Crippen LogP contribution in [0.2, 0.25) is 0 Å². The van der Waals surface area contributed by atoms with Crippen molar-refractivity contribution in [3.8, 4) is 0 Å². The number of benzene rings is 2. The first kappa shape index (κ1) is 43.4. The number of aliphatic hydroxyl groups excluding tert-OH is 1. The molecular formula is C45H64N6O6. The molecule has 5 rings (SSSR count). The van der Waals surface area contributed by atoms with Crippen molar-refractivity contribution in [2.45, 2.75) is 142 Å². The number of fused-ring (bicyclic) bond motifs is 1. The molecule has 4 amide bonds. The molecule has 5 atom stereocenters. The summed E-state index contributed by atoms with van der Waals surface area (Å²) in [5.41, 5.74) is 3.08. The van der Waals surface area contributed by atoms with E-state index in [0.29, 0.717) is 37.5 Å². The molecule has 3 aromatic rings. The van der Waals surface area contributed by atoms with E-state index in [9.17, 15) is 24.3 Å². The Morgan fingerprint density at radius 2 is 1.54 bits per heavy atom. The van der Waals surface area contributed by atoms with Gasteiger partial charge in [-0.25, -0.2) is 9.78 Å². The lowest BCUT2D eigenvalue weighted by atomic mass is 9.81. The molecule has 0 bridgehead atoms. The predicted molar refractivity (Wildman–Crippen MR) is 220 cm³/mol. The van der Waals surface area contributed by atoms with Crippen molar-refractivity contribution in [1.29, 1.82) is 0 Å². The molecule has 0 spiro atoms. The van der Waals surface area contributed by atoms with E-state index in [1.165, 1.54) is 18.3 Å². The Labute approximate surface area is 338 Å². The molecule has 2 aliphatic rings. The van der Waals surface area contributed by atoms with Gasteiger partial charge < -0.3 is 35.7 Å². The monoisotopic (exact) mass is 784 g/mol. The average molecular weight is 785 g/mol. The number of aromatic nitrogens is 2. The van der Waals surface area contributed by atoms with Gasteiger partial charge in [0, 0.05) is 43.7 Å². The fraction of sp³-hybridized carbons (Fsp3) is 0.578. The van der Waals surface area contributed by atoms with Gasteiger partial charge in [0.2, 0.25) is 17.7 Å². The number of rotatable bonds is 17. The van der Waals surface area contributed by atoms with Crippen LogP contribution >= 0.6 is 0 Å². The number of hydrogen-bond acceptors (Lipinski definition) is 7. The van der Waals surface area contributed by atoms with Crippen molar-refractivity contribution in [1.82, 2.24) is 30.8 Å². The minimum Gasteiger partial charge on any atom is -0.444 e. The van der Waals surface area contributed by atoms with Gasteiger partial charge in [-0.3, -0.25) is 14.4 Å². The van der Waals surface area contributed by atoms with Crippen molar-refractivity contribution in [3.05, 3.63) is 89.5 Å². The zero-order valence-electron chi connectivity index (χ0n) is 34.5. The highest BCUT2D eigenvalue weighted by Crippen LogP contribution is 2.31. The van der Waals surface area contributed by atoms with Crippen molar-refractivity contribution in [2.75, 3.05) is 6.54 Å². The molecule has 0 saturated heterocycles. The summed E-state index contributed by atoms with van der Waals surface area (Å²) in [7, 11) is 0. The quantitative estimate of drug-likeness (QED) is 0.112. The van der Waals surface area contributed by atoms with E-state index in [1.54, 1.807) is 27.0 Å². The molecule has 1 saturated carbocycles. The van der Waals surface area contributed by atoms with E-state index in [0.717, 1.165) is 43.2 Å². The molecule has 12 nitrogen and oxygen atoms in total. The Hall–Kier alpha value is -4.71. The van der Waals surface area contributed by atoms with Crippen LogP contribution in [0.1, 0.15) is 108 Å². The average Bonchev–Trinajstić information content (AvgIpc) is 3.69. The van der Waals surface area contributed by atoms with E-state index in [4.69, 9.17) is 4.74 Å². The number of ether oxygens (including phenoxy) is 1. The summed E-state index contributed by atoms with van der Waals surface area (Å²) < 4.78 is 5.49. The van der Waals surface area contributed by atoms with Gasteiger partial charge in [0.15, 0.2) is 0 Å². The topological polar surface area (TPSA) is 166 Å². The van der Waals surface area contributed by atoms with Crippen molar-refractivity contribution >= 4 is 23.8 Å². The second-order valence-electron chi connectivity index (χ2n) is 17.5. The first-order chi connectivity index (χ1) is 27.2. The summed E-state index contributed by atoms with van der Waals surface area (Å²) >= 11 is 0. The second kappa shape index (κ2) is 20.6. The Balaban J connectivity index is 1.36. The SMILES string of the molecule is CC(C)C[C@H](C[C@H](O)[C@H](CC1CCCCC1)NC(=O)[C@H](Cc1cnc[nH]1)NC(=O)[C@H](Cc1ccccc1)NC(=O)OC(C)(C)C)C(=O)N1CCc2ccccc2C1. The number of hydrogen-bond donors (Lipinski definition) is 5. The van der Waals surface area contributed by atoms with Gasteiger partial charge >= 0.3 is 6.09 Å². The Morgan fingerprint density at radius 1 is 0.877 bits per heavy atom. The summed E-state index contributed by atoms with van der Waals surface area (Å²) in [6.45, 7) is 10.6. The second-order valence-corrected chi connectivity index (χ2v) is 17.5. The molecule has 5 N–H and O–H groups in total. The molecule has 2 heterocycles. The smallest absolute Gasteiger partial charge is 0.408 e. The maximum absolute atomic E-state index is 14.5.